The average Bonchev–Trinajstić information content (AvgIpc) is 2.54. The Kier molecular flexibility index (Phi) is 3.52. The van der Waals surface area contributed by atoms with E-state index in [1.165, 1.54) is 23.1 Å². The van der Waals surface area contributed by atoms with Crippen molar-refractivity contribution in [3.63, 3.8) is 0 Å². The Labute approximate surface area is 109 Å². The average molecular weight is 265 g/mol. The van der Waals surface area contributed by atoms with Crippen LogP contribution in [-0.4, -0.2) is 22.1 Å². The lowest BCUT2D eigenvalue weighted by molar-refractivity contribution is -0.123. The van der Waals surface area contributed by atoms with Gasteiger partial charge in [0.25, 0.3) is 11.1 Å². The summed E-state index contributed by atoms with van der Waals surface area (Å²) in [6.07, 6.45) is 1.54. The quantitative estimate of drug-likeness (QED) is 0.770. The zero-order valence-electron chi connectivity index (χ0n) is 10.0. The van der Waals surface area contributed by atoms with Crippen LogP contribution in [0.2, 0.25) is 0 Å². The second-order valence-corrected chi connectivity index (χ2v) is 5.19. The highest BCUT2D eigenvalue weighted by atomic mass is 32.2. The van der Waals surface area contributed by atoms with E-state index in [0.717, 1.165) is 11.8 Å². The topological polar surface area (TPSA) is 37.4 Å². The number of hydrogen-bond donors (Lipinski definition) is 0. The minimum atomic E-state index is -0.369. The van der Waals surface area contributed by atoms with Gasteiger partial charge in [-0.3, -0.25) is 14.5 Å². The highest BCUT2D eigenvalue weighted by molar-refractivity contribution is 8.18. The van der Waals surface area contributed by atoms with Gasteiger partial charge in [0.2, 0.25) is 0 Å². The molecule has 0 unspecified atom stereocenters. The highest BCUT2D eigenvalue weighted by Crippen LogP contribution is 2.33. The lowest BCUT2D eigenvalue weighted by Crippen LogP contribution is -2.34. The van der Waals surface area contributed by atoms with Crippen LogP contribution in [0.15, 0.2) is 29.2 Å². The first-order chi connectivity index (χ1) is 8.49. The van der Waals surface area contributed by atoms with Crippen LogP contribution >= 0.6 is 11.8 Å². The predicted octanol–water partition coefficient (Wildman–Crippen LogP) is 3.27. The van der Waals surface area contributed by atoms with Crippen molar-refractivity contribution in [2.75, 3.05) is 0 Å². The molecule has 1 fully saturated rings. The van der Waals surface area contributed by atoms with Crippen LogP contribution in [-0.2, 0) is 4.79 Å². The number of carbonyl (C=O) groups is 2. The van der Waals surface area contributed by atoms with Gasteiger partial charge in [-0.1, -0.05) is 12.1 Å². The fourth-order valence-corrected chi connectivity index (χ4v) is 2.63. The Hall–Kier alpha value is -1.62. The molecule has 18 heavy (non-hydrogen) atoms. The standard InChI is InChI=1S/C13H12FNO2S/c1-8(2)15-12(16)11(18-13(15)17)7-9-4-3-5-10(14)6-9/h3-8H,1-2H3. The van der Waals surface area contributed by atoms with Crippen LogP contribution < -0.4 is 0 Å². The molecule has 1 aromatic carbocycles. The van der Waals surface area contributed by atoms with E-state index in [4.69, 9.17) is 0 Å². The first kappa shape index (κ1) is 12.8. The maximum Gasteiger partial charge on any atom is 0.293 e. The molecule has 1 aliphatic rings. The van der Waals surface area contributed by atoms with Crippen molar-refractivity contribution in [3.8, 4) is 0 Å². The predicted molar refractivity (Wildman–Crippen MR) is 69.3 cm³/mol. The molecule has 0 N–H and O–H groups in total. The lowest BCUT2D eigenvalue weighted by Gasteiger charge is -2.16. The SMILES string of the molecule is CC(C)N1C(=O)SC(=Cc2cccc(F)c2)C1=O. The van der Waals surface area contributed by atoms with Crippen molar-refractivity contribution in [1.29, 1.82) is 0 Å². The summed E-state index contributed by atoms with van der Waals surface area (Å²) >= 11 is 0.887. The van der Waals surface area contributed by atoms with Gasteiger partial charge in [-0.05, 0) is 49.4 Å². The van der Waals surface area contributed by atoms with Crippen LogP contribution in [0.4, 0.5) is 9.18 Å². The minimum absolute atomic E-state index is 0.170. The minimum Gasteiger partial charge on any atom is -0.268 e. The first-order valence-electron chi connectivity index (χ1n) is 5.51. The third-order valence-electron chi connectivity index (χ3n) is 2.49. The van der Waals surface area contributed by atoms with E-state index in [-0.39, 0.29) is 23.0 Å². The number of nitrogens with zero attached hydrogens (tertiary/aromatic N) is 1. The molecule has 3 nitrogen and oxygen atoms in total. The first-order valence-corrected chi connectivity index (χ1v) is 6.33. The maximum atomic E-state index is 13.0. The normalized spacial score (nSPS) is 18.2. The van der Waals surface area contributed by atoms with Crippen molar-refractivity contribution in [2.45, 2.75) is 19.9 Å². The third kappa shape index (κ3) is 2.46. The summed E-state index contributed by atoms with van der Waals surface area (Å²) < 4.78 is 13.0. The molecular weight excluding hydrogens is 253 g/mol. The van der Waals surface area contributed by atoms with Gasteiger partial charge in [0.1, 0.15) is 5.82 Å². The summed E-state index contributed by atoms with van der Waals surface area (Å²) in [6, 6.07) is 5.73. The van der Waals surface area contributed by atoms with E-state index in [1.54, 1.807) is 26.0 Å². The number of amides is 2. The molecule has 0 atom stereocenters. The van der Waals surface area contributed by atoms with Gasteiger partial charge < -0.3 is 0 Å². The van der Waals surface area contributed by atoms with E-state index in [2.05, 4.69) is 0 Å². The molecule has 1 aromatic rings. The highest BCUT2D eigenvalue weighted by Gasteiger charge is 2.36. The molecule has 1 heterocycles. The van der Waals surface area contributed by atoms with Crippen molar-refractivity contribution < 1.29 is 14.0 Å². The zero-order valence-corrected chi connectivity index (χ0v) is 10.8. The number of carbonyl (C=O) groups excluding carboxylic acids is 2. The van der Waals surface area contributed by atoms with Gasteiger partial charge in [0, 0.05) is 6.04 Å². The monoisotopic (exact) mass is 265 g/mol. The number of thioether (sulfide) groups is 1. The molecule has 0 radical (unpaired) electrons. The van der Waals surface area contributed by atoms with Crippen LogP contribution in [0.1, 0.15) is 19.4 Å². The van der Waals surface area contributed by atoms with Crippen molar-refractivity contribution >= 4 is 29.0 Å². The second-order valence-electron chi connectivity index (χ2n) is 4.20. The maximum absolute atomic E-state index is 13.0. The molecule has 94 valence electrons. The Morgan fingerprint density at radius 1 is 1.33 bits per heavy atom. The van der Waals surface area contributed by atoms with Crippen LogP contribution in [0.25, 0.3) is 6.08 Å². The zero-order chi connectivity index (χ0) is 13.3. The number of imide groups is 1. The molecular formula is C13H12FNO2S. The van der Waals surface area contributed by atoms with Crippen LogP contribution in [0, 0.1) is 5.82 Å². The Bertz CT molecular complexity index is 540. The fourth-order valence-electron chi connectivity index (χ4n) is 1.67. The Morgan fingerprint density at radius 2 is 2.06 bits per heavy atom. The van der Waals surface area contributed by atoms with E-state index in [1.807, 2.05) is 0 Å². The van der Waals surface area contributed by atoms with Gasteiger partial charge in [-0.2, -0.15) is 0 Å². The summed E-state index contributed by atoms with van der Waals surface area (Å²) in [5, 5.41) is -0.280. The molecule has 0 saturated carbocycles. The largest absolute Gasteiger partial charge is 0.293 e. The van der Waals surface area contributed by atoms with E-state index in [0.29, 0.717) is 10.5 Å². The number of halogens is 1. The summed E-state index contributed by atoms with van der Waals surface area (Å²) in [5.74, 6) is -0.684. The molecule has 1 saturated heterocycles. The van der Waals surface area contributed by atoms with Gasteiger partial charge in [-0.15, -0.1) is 0 Å². The van der Waals surface area contributed by atoms with Gasteiger partial charge in [-0.25, -0.2) is 4.39 Å². The van der Waals surface area contributed by atoms with Gasteiger partial charge in [0.15, 0.2) is 0 Å². The summed E-state index contributed by atoms with van der Waals surface area (Å²) in [5.41, 5.74) is 0.573. The van der Waals surface area contributed by atoms with Gasteiger partial charge >= 0.3 is 0 Å². The number of hydrogen-bond acceptors (Lipinski definition) is 3. The van der Waals surface area contributed by atoms with Crippen molar-refractivity contribution in [3.05, 3.63) is 40.6 Å². The third-order valence-corrected chi connectivity index (χ3v) is 3.37. The lowest BCUT2D eigenvalue weighted by atomic mass is 10.2. The molecule has 0 bridgehead atoms. The van der Waals surface area contributed by atoms with Crippen LogP contribution in [0.3, 0.4) is 0 Å². The fraction of sp³-hybridized carbons (Fsp3) is 0.231. The van der Waals surface area contributed by atoms with Crippen LogP contribution in [0.5, 0.6) is 0 Å². The summed E-state index contributed by atoms with van der Waals surface area (Å²) in [4.78, 5) is 25.2. The Balaban J connectivity index is 2.31. The summed E-state index contributed by atoms with van der Waals surface area (Å²) in [7, 11) is 0. The molecule has 0 aliphatic carbocycles. The van der Waals surface area contributed by atoms with E-state index >= 15 is 0 Å². The van der Waals surface area contributed by atoms with Crippen molar-refractivity contribution in [1.82, 2.24) is 4.90 Å². The van der Waals surface area contributed by atoms with Gasteiger partial charge in [0.05, 0.1) is 4.91 Å². The number of benzene rings is 1. The molecule has 5 heteroatoms. The van der Waals surface area contributed by atoms with Crippen molar-refractivity contribution in [2.24, 2.45) is 0 Å². The Morgan fingerprint density at radius 3 is 2.61 bits per heavy atom. The van der Waals surface area contributed by atoms with E-state index < -0.39 is 0 Å². The molecule has 2 amide bonds. The molecule has 1 aliphatic heterocycles. The molecule has 0 aromatic heterocycles. The molecule has 0 spiro atoms. The summed E-state index contributed by atoms with van der Waals surface area (Å²) in [6.45, 7) is 3.56. The molecule has 2 rings (SSSR count). The van der Waals surface area contributed by atoms with E-state index in [9.17, 15) is 14.0 Å². The number of rotatable bonds is 2. The second kappa shape index (κ2) is 4.94. The smallest absolute Gasteiger partial charge is 0.268 e.